The molecule has 0 aliphatic heterocycles. The fourth-order valence-electron chi connectivity index (χ4n) is 0.526. The number of aliphatic hydroxyl groups is 1. The zero-order valence-electron chi connectivity index (χ0n) is 7.79. The van der Waals surface area contributed by atoms with Crippen LogP contribution in [0, 0.1) is 0 Å². The molecule has 0 spiro atoms. The van der Waals surface area contributed by atoms with Crippen LogP contribution in [0.5, 0.6) is 0 Å². The largest absolute Gasteiger partial charge is 0.565 e. The summed E-state index contributed by atoms with van der Waals surface area (Å²) in [4.78, 5) is 19.7. The quantitative estimate of drug-likeness (QED) is 0.440. The summed E-state index contributed by atoms with van der Waals surface area (Å²) in [6.07, 6.45) is 0. The maximum absolute atomic E-state index is 9.87. The molecule has 0 rings (SSSR count). The van der Waals surface area contributed by atoms with Crippen molar-refractivity contribution >= 4 is 11.9 Å². The van der Waals surface area contributed by atoms with Crippen molar-refractivity contribution in [1.29, 1.82) is 0 Å². The van der Waals surface area contributed by atoms with E-state index in [2.05, 4.69) is 0 Å². The second-order valence-corrected chi connectivity index (χ2v) is 2.54. The molecular weight excluding hydrogens is 178 g/mol. The number of nitrogens with one attached hydrogen (secondary N) is 1. The van der Waals surface area contributed by atoms with E-state index in [9.17, 15) is 9.90 Å². The summed E-state index contributed by atoms with van der Waals surface area (Å²) < 4.78 is 0. The molecule has 0 aromatic rings. The number of carbonyl (C=O) groups excluding carboxylic acids is 2. The second-order valence-electron chi connectivity index (χ2n) is 2.54. The standard InChI is InChI=1S/C5H11NO3.C2H4O2/c1-6(2-3-7)4-5(8)9;1-2(3)4/h7H,2-4H2,1H3,(H,8,9);1H3,(H,3,4)/p+1. The van der Waals surface area contributed by atoms with Crippen LogP contribution in [-0.2, 0) is 9.59 Å². The normalized spacial score (nSPS) is 11.0. The molecule has 0 bridgehead atoms. The van der Waals surface area contributed by atoms with Crippen LogP contribution in [0.2, 0.25) is 0 Å². The van der Waals surface area contributed by atoms with E-state index >= 15 is 0 Å². The van der Waals surface area contributed by atoms with Gasteiger partial charge >= 0.3 is 5.97 Å². The molecule has 6 nitrogen and oxygen atoms in total. The second kappa shape index (κ2) is 8.95. The molecule has 1 atom stereocenters. The molecule has 0 amide bonds. The Morgan fingerprint density at radius 1 is 1.54 bits per heavy atom. The van der Waals surface area contributed by atoms with Crippen molar-refractivity contribution in [3.63, 3.8) is 0 Å². The van der Waals surface area contributed by atoms with Crippen molar-refractivity contribution in [3.05, 3.63) is 0 Å². The summed E-state index contributed by atoms with van der Waals surface area (Å²) in [6.45, 7) is 1.62. The summed E-state index contributed by atoms with van der Waals surface area (Å²) in [5.41, 5.74) is 0. The lowest BCUT2D eigenvalue weighted by molar-refractivity contribution is -0.874. The predicted octanol–water partition coefficient (Wildman–Crippen LogP) is -4.50. The summed E-state index contributed by atoms with van der Waals surface area (Å²) in [5.74, 6) is -1.67. The van der Waals surface area contributed by atoms with Gasteiger partial charge in [0.15, 0.2) is 0 Å². The van der Waals surface area contributed by atoms with E-state index in [4.69, 9.17) is 15.0 Å². The summed E-state index contributed by atoms with van der Waals surface area (Å²) in [6, 6.07) is 0. The van der Waals surface area contributed by atoms with E-state index in [0.29, 0.717) is 6.54 Å². The highest BCUT2D eigenvalue weighted by molar-refractivity contribution is 5.65. The molecule has 1 unspecified atom stereocenters. The van der Waals surface area contributed by atoms with Gasteiger partial charge in [-0.15, -0.1) is 0 Å². The topological polar surface area (TPSA) is 105 Å². The Balaban J connectivity index is 0. The lowest BCUT2D eigenvalue weighted by Gasteiger charge is -2.11. The van der Waals surface area contributed by atoms with Crippen LogP contribution in [0.15, 0.2) is 0 Å². The first kappa shape index (κ1) is 14.4. The molecule has 0 saturated carbocycles. The number of hydrogen-bond acceptors (Lipinski definition) is 4. The van der Waals surface area contributed by atoms with Crippen molar-refractivity contribution in [3.8, 4) is 0 Å². The van der Waals surface area contributed by atoms with E-state index in [0.717, 1.165) is 4.90 Å². The summed E-state index contributed by atoms with van der Waals surface area (Å²) in [5, 5.41) is 24.1. The molecule has 0 radical (unpaired) electrons. The number of aliphatic hydroxyl groups excluding tert-OH is 1. The van der Waals surface area contributed by atoms with Gasteiger partial charge in [0, 0.05) is 4.79 Å². The van der Waals surface area contributed by atoms with Gasteiger partial charge in [0.05, 0.1) is 26.5 Å². The van der Waals surface area contributed by atoms with Crippen molar-refractivity contribution < 1.29 is 29.8 Å². The van der Waals surface area contributed by atoms with Gasteiger partial charge < -0.3 is 25.0 Å². The van der Waals surface area contributed by atoms with Gasteiger partial charge in [-0.2, -0.15) is 0 Å². The third-order valence-corrected chi connectivity index (χ3v) is 0.985. The lowest BCUT2D eigenvalue weighted by atomic mass is 10.5. The number of aliphatic carboxylic acids is 1. The molecule has 0 fully saturated rings. The zero-order valence-corrected chi connectivity index (χ0v) is 7.79. The molecule has 78 valence electrons. The van der Waals surface area contributed by atoms with Gasteiger partial charge in [0.2, 0.25) is 0 Å². The number of carboxylic acids is 1. The first-order chi connectivity index (χ1) is 5.90. The molecule has 0 saturated heterocycles. The molecular formula is C7H16NO5+. The average Bonchev–Trinajstić information content (AvgIpc) is 1.83. The van der Waals surface area contributed by atoms with E-state index in [1.807, 2.05) is 0 Å². The van der Waals surface area contributed by atoms with Crippen LogP contribution in [0.1, 0.15) is 6.92 Å². The van der Waals surface area contributed by atoms with Crippen LogP contribution in [-0.4, -0.2) is 48.9 Å². The monoisotopic (exact) mass is 194 g/mol. The van der Waals surface area contributed by atoms with E-state index in [1.54, 1.807) is 7.05 Å². The molecule has 0 aromatic carbocycles. The predicted molar refractivity (Wildman–Crippen MR) is 43.0 cm³/mol. The van der Waals surface area contributed by atoms with Gasteiger partial charge in [-0.25, -0.2) is 0 Å². The number of carbonyl (C=O) groups is 2. The minimum Gasteiger partial charge on any atom is -0.565 e. The number of quaternary nitrogens is 1. The highest BCUT2D eigenvalue weighted by Crippen LogP contribution is 1.46. The van der Waals surface area contributed by atoms with Crippen molar-refractivity contribution in [2.45, 2.75) is 6.92 Å². The maximum atomic E-state index is 9.87. The number of hydrogen-bond donors (Lipinski definition) is 2. The van der Waals surface area contributed by atoms with Gasteiger partial charge in [-0.05, 0) is 0 Å². The van der Waals surface area contributed by atoms with Crippen LogP contribution in [0.4, 0.5) is 0 Å². The first-order valence-electron chi connectivity index (χ1n) is 3.74. The molecule has 0 aromatic heterocycles. The van der Waals surface area contributed by atoms with Crippen LogP contribution >= 0.6 is 0 Å². The minimum atomic E-state index is -1.08. The average molecular weight is 194 g/mol. The number of likely N-dealkylation sites (N-methyl/N-ethyl adjacent to an activating group) is 1. The van der Waals surface area contributed by atoms with E-state index < -0.39 is 11.9 Å². The molecule has 4 N–H and O–H groups in total. The third kappa shape index (κ3) is 24.8. The maximum Gasteiger partial charge on any atom is 0.512 e. The zero-order chi connectivity index (χ0) is 10.9. The van der Waals surface area contributed by atoms with Crippen LogP contribution < -0.4 is 10.0 Å². The smallest absolute Gasteiger partial charge is 0.512 e. The van der Waals surface area contributed by atoms with Gasteiger partial charge in [0.25, 0.3) is 0 Å². The Labute approximate surface area is 76.4 Å². The van der Waals surface area contributed by atoms with Gasteiger partial charge in [-0.3, -0.25) is 0 Å². The Bertz CT molecular complexity index is 155. The third-order valence-electron chi connectivity index (χ3n) is 0.985. The van der Waals surface area contributed by atoms with Crippen LogP contribution in [0.3, 0.4) is 0 Å². The fourth-order valence-corrected chi connectivity index (χ4v) is 0.526. The number of carboxylic acid groups (broad SMARTS) is 1. The molecule has 0 heterocycles. The molecule has 0 aliphatic carbocycles. The lowest BCUT2D eigenvalue weighted by Crippen LogP contribution is -3.10. The highest BCUT2D eigenvalue weighted by Gasteiger charge is 1.98. The fraction of sp³-hybridized carbons (Fsp3) is 0.714. The van der Waals surface area contributed by atoms with Gasteiger partial charge in [-0.1, -0.05) is 0 Å². The summed E-state index contributed by atoms with van der Waals surface area (Å²) >= 11 is 0. The number of rotatable bonds is 4. The highest BCUT2D eigenvalue weighted by atomic mass is 16.4. The Kier molecular flexibility index (Phi) is 9.91. The van der Waals surface area contributed by atoms with E-state index in [-0.39, 0.29) is 13.2 Å². The van der Waals surface area contributed by atoms with Crippen molar-refractivity contribution in [2.24, 2.45) is 0 Å². The van der Waals surface area contributed by atoms with Crippen LogP contribution in [0.25, 0.3) is 0 Å². The first-order valence-corrected chi connectivity index (χ1v) is 3.74. The van der Waals surface area contributed by atoms with Gasteiger partial charge in [0.1, 0.15) is 13.1 Å². The van der Waals surface area contributed by atoms with Crippen molar-refractivity contribution in [2.75, 3.05) is 26.7 Å². The SMILES string of the molecule is CC(=O)[OH2+].C[NH+](CCO)CC(=O)[O-]. The minimum absolute atomic E-state index is 0.0130. The molecule has 6 heteroatoms. The Hall–Kier alpha value is -1.14. The summed E-state index contributed by atoms with van der Waals surface area (Å²) in [7, 11) is 1.69. The molecule has 0 aliphatic rings. The Morgan fingerprint density at radius 2 is 1.92 bits per heavy atom. The molecule has 13 heavy (non-hydrogen) atoms. The van der Waals surface area contributed by atoms with Crippen molar-refractivity contribution in [1.82, 2.24) is 0 Å². The Morgan fingerprint density at radius 3 is 2.15 bits per heavy atom. The van der Waals surface area contributed by atoms with E-state index in [1.165, 1.54) is 6.92 Å².